The lowest BCUT2D eigenvalue weighted by molar-refractivity contribution is -0.00799. The number of hydrogen-bond donors (Lipinski definition) is 4. The van der Waals surface area contributed by atoms with Crippen LogP contribution in [0.5, 0.6) is 0 Å². The van der Waals surface area contributed by atoms with Gasteiger partial charge in [0, 0.05) is 18.8 Å². The number of anilines is 1. The standard InChI is InChI=1S/C15H27N7/c16-8-5-11-18-9-3-4-10-19-13-7-15(22-17)21-14-6-1-2-12-20-14/h1-2,6,12,18-19H,3-5,7-11,13,16H2,(H,20,21). The fourth-order valence-electron chi connectivity index (χ4n) is 1.91. The maximum absolute atomic E-state index is 8.98. The molecule has 0 aliphatic rings. The van der Waals surface area contributed by atoms with E-state index < -0.39 is 0 Å². The van der Waals surface area contributed by atoms with E-state index in [2.05, 4.69) is 25.7 Å². The van der Waals surface area contributed by atoms with Gasteiger partial charge in [0.2, 0.25) is 5.82 Å². The van der Waals surface area contributed by atoms with Crippen molar-refractivity contribution in [2.45, 2.75) is 25.7 Å². The minimum atomic E-state index is 0.509. The van der Waals surface area contributed by atoms with Gasteiger partial charge in [0.15, 0.2) is 0 Å². The lowest BCUT2D eigenvalue weighted by atomic mass is 10.3. The molecule has 0 saturated heterocycles. The van der Waals surface area contributed by atoms with Crippen molar-refractivity contribution in [3.63, 3.8) is 0 Å². The van der Waals surface area contributed by atoms with Gasteiger partial charge in [-0.25, -0.2) is 10.3 Å². The minimum absolute atomic E-state index is 0.509. The average Bonchev–Trinajstić information content (AvgIpc) is 2.56. The number of nitrogens with two attached hydrogens (primary N) is 1. The summed E-state index contributed by atoms with van der Waals surface area (Å²) in [4.78, 5) is 7.39. The molecule has 1 aromatic rings. The number of rotatable bonds is 12. The van der Waals surface area contributed by atoms with Crippen LogP contribution in [0.1, 0.15) is 25.7 Å². The lowest BCUT2D eigenvalue weighted by Gasteiger charge is -2.05. The van der Waals surface area contributed by atoms with Crippen LogP contribution in [0.15, 0.2) is 24.4 Å². The summed E-state index contributed by atoms with van der Waals surface area (Å²) in [5, 5.41) is 9.68. The first kappa shape index (κ1) is 18.3. The molecule has 0 radical (unpaired) electrons. The zero-order chi connectivity index (χ0) is 15.9. The number of pyridine rings is 1. The molecule has 0 aromatic carbocycles. The van der Waals surface area contributed by atoms with E-state index in [4.69, 9.17) is 11.3 Å². The molecule has 0 aliphatic heterocycles. The van der Waals surface area contributed by atoms with E-state index >= 15 is 0 Å². The van der Waals surface area contributed by atoms with Crippen molar-refractivity contribution < 1.29 is 4.79 Å². The molecule has 0 bridgehead atoms. The van der Waals surface area contributed by atoms with E-state index in [1.54, 1.807) is 6.20 Å². The van der Waals surface area contributed by atoms with Gasteiger partial charge >= 0.3 is 5.84 Å². The monoisotopic (exact) mass is 305 g/mol. The van der Waals surface area contributed by atoms with Crippen LogP contribution < -0.4 is 21.7 Å². The van der Waals surface area contributed by atoms with Crippen LogP contribution >= 0.6 is 0 Å². The quantitative estimate of drug-likeness (QED) is 0.150. The zero-order valence-corrected chi connectivity index (χ0v) is 13.1. The summed E-state index contributed by atoms with van der Waals surface area (Å²) in [6.45, 7) is 4.50. The van der Waals surface area contributed by atoms with Gasteiger partial charge in [0.1, 0.15) is 0 Å². The zero-order valence-electron chi connectivity index (χ0n) is 13.1. The average molecular weight is 305 g/mol. The van der Waals surface area contributed by atoms with Crippen molar-refractivity contribution in [3.8, 4) is 0 Å². The Morgan fingerprint density at radius 2 is 1.82 bits per heavy atom. The van der Waals surface area contributed by atoms with E-state index in [-0.39, 0.29) is 0 Å². The normalized spacial score (nSPS) is 10.2. The van der Waals surface area contributed by atoms with Crippen LogP contribution in [0.3, 0.4) is 0 Å². The molecule has 122 valence electrons. The number of nitrogens with zero attached hydrogens (tertiary/aromatic N) is 3. The maximum Gasteiger partial charge on any atom is 0.334 e. The van der Waals surface area contributed by atoms with E-state index in [0.717, 1.165) is 52.0 Å². The molecule has 0 atom stereocenters. The van der Waals surface area contributed by atoms with Crippen LogP contribution in [0.2, 0.25) is 0 Å². The van der Waals surface area contributed by atoms with E-state index in [1.165, 1.54) is 0 Å². The van der Waals surface area contributed by atoms with E-state index in [0.29, 0.717) is 18.1 Å². The molecule has 0 aliphatic carbocycles. The van der Waals surface area contributed by atoms with Crippen LogP contribution in [-0.2, 0) is 0 Å². The van der Waals surface area contributed by atoms with Crippen molar-refractivity contribution in [1.82, 2.24) is 15.6 Å². The summed E-state index contributed by atoms with van der Waals surface area (Å²) >= 11 is 0. The molecule has 1 heterocycles. The highest BCUT2D eigenvalue weighted by molar-refractivity contribution is 5.90. The van der Waals surface area contributed by atoms with Gasteiger partial charge in [-0.15, -0.1) is 0 Å². The maximum atomic E-state index is 8.98. The number of aromatic nitrogens is 1. The predicted molar refractivity (Wildman–Crippen MR) is 89.7 cm³/mol. The first-order valence-corrected chi connectivity index (χ1v) is 7.87. The third-order valence-corrected chi connectivity index (χ3v) is 3.11. The van der Waals surface area contributed by atoms with Gasteiger partial charge in [-0.2, -0.15) is 0 Å². The summed E-state index contributed by atoms with van der Waals surface area (Å²) in [7, 11) is 0. The third kappa shape index (κ3) is 9.20. The number of nitrogens with one attached hydrogen (secondary N) is 3. The van der Waals surface area contributed by atoms with Crippen LogP contribution in [0.25, 0.3) is 5.53 Å². The number of hydrogen-bond acceptors (Lipinski definition) is 4. The third-order valence-electron chi connectivity index (χ3n) is 3.11. The van der Waals surface area contributed by atoms with Crippen LogP contribution in [0.4, 0.5) is 5.82 Å². The topological polar surface area (TPSA) is 111 Å². The minimum Gasteiger partial charge on any atom is -0.498 e. The Kier molecular flexibility index (Phi) is 10.7. The SMILES string of the molecule is [N-]=[N+]=C(CCNCCCCNCCCN)Nc1ccccn1. The van der Waals surface area contributed by atoms with Gasteiger partial charge in [0.25, 0.3) is 0 Å². The molecule has 0 fully saturated rings. The van der Waals surface area contributed by atoms with Crippen molar-refractivity contribution >= 4 is 11.7 Å². The Morgan fingerprint density at radius 1 is 1.09 bits per heavy atom. The summed E-state index contributed by atoms with van der Waals surface area (Å²) in [5.74, 6) is 1.19. The predicted octanol–water partition coefficient (Wildman–Crippen LogP) is 0.820. The van der Waals surface area contributed by atoms with E-state index in [9.17, 15) is 0 Å². The van der Waals surface area contributed by atoms with Crippen molar-refractivity contribution in [1.29, 1.82) is 0 Å². The van der Waals surface area contributed by atoms with Crippen molar-refractivity contribution in [2.24, 2.45) is 5.73 Å². The Balaban J connectivity index is 2.00. The van der Waals surface area contributed by atoms with Gasteiger partial charge in [-0.3, -0.25) is 0 Å². The van der Waals surface area contributed by atoms with Gasteiger partial charge in [-0.05, 0) is 51.5 Å². The second kappa shape index (κ2) is 12.9. The molecule has 0 saturated carbocycles. The largest absolute Gasteiger partial charge is 0.498 e. The Bertz CT molecular complexity index is 429. The highest BCUT2D eigenvalue weighted by atomic mass is 15.1. The molecule has 0 spiro atoms. The molecule has 1 rings (SSSR count). The number of amidine groups is 1. The Morgan fingerprint density at radius 3 is 2.45 bits per heavy atom. The van der Waals surface area contributed by atoms with Crippen molar-refractivity contribution in [2.75, 3.05) is 38.0 Å². The second-order valence-corrected chi connectivity index (χ2v) is 4.99. The molecule has 7 nitrogen and oxygen atoms in total. The second-order valence-electron chi connectivity index (χ2n) is 4.99. The summed E-state index contributed by atoms with van der Waals surface area (Å²) in [6.07, 6.45) is 5.61. The molecule has 0 amide bonds. The first-order valence-electron chi connectivity index (χ1n) is 7.87. The van der Waals surface area contributed by atoms with Gasteiger partial charge in [0.05, 0.1) is 6.42 Å². The molecular formula is C15H27N7. The molecule has 0 unspecified atom stereocenters. The summed E-state index contributed by atoms with van der Waals surface area (Å²) < 4.78 is 0. The lowest BCUT2D eigenvalue weighted by Crippen LogP contribution is -2.24. The molecule has 22 heavy (non-hydrogen) atoms. The number of unbranched alkanes of at least 4 members (excludes halogenated alkanes) is 1. The molecule has 7 heteroatoms. The fraction of sp³-hybridized carbons (Fsp3) is 0.600. The molecule has 5 N–H and O–H groups in total. The van der Waals surface area contributed by atoms with Crippen LogP contribution in [0, 0.1) is 0 Å². The molecule has 1 aromatic heterocycles. The Hall–Kier alpha value is -1.79. The van der Waals surface area contributed by atoms with Gasteiger partial charge < -0.3 is 26.7 Å². The van der Waals surface area contributed by atoms with Crippen LogP contribution in [-0.4, -0.2) is 48.3 Å². The summed E-state index contributed by atoms with van der Waals surface area (Å²) in [6, 6.07) is 5.55. The summed E-state index contributed by atoms with van der Waals surface area (Å²) in [5.41, 5.74) is 14.4. The first-order chi connectivity index (χ1) is 10.9. The van der Waals surface area contributed by atoms with Gasteiger partial charge in [-0.1, -0.05) is 6.07 Å². The van der Waals surface area contributed by atoms with E-state index in [1.807, 2.05) is 18.2 Å². The smallest absolute Gasteiger partial charge is 0.334 e. The Labute approximate surface area is 132 Å². The fourth-order valence-corrected chi connectivity index (χ4v) is 1.91. The van der Waals surface area contributed by atoms with Crippen molar-refractivity contribution in [3.05, 3.63) is 29.9 Å². The molecular weight excluding hydrogens is 278 g/mol. The highest BCUT2D eigenvalue weighted by Crippen LogP contribution is 2.00. The highest BCUT2D eigenvalue weighted by Gasteiger charge is 2.08.